The van der Waals surface area contributed by atoms with E-state index in [2.05, 4.69) is 11.0 Å². The largest absolute Gasteiger partial charge is 0.486 e. The summed E-state index contributed by atoms with van der Waals surface area (Å²) in [6.45, 7) is 5.28. The molecule has 2 aliphatic heterocycles. The van der Waals surface area contributed by atoms with E-state index in [1.165, 1.54) is 0 Å². The number of anilines is 1. The van der Waals surface area contributed by atoms with Crippen LogP contribution in [-0.4, -0.2) is 61.1 Å². The molecule has 0 atom stereocenters. The van der Waals surface area contributed by atoms with Gasteiger partial charge in [0.05, 0.1) is 5.52 Å². The number of fused-ring (bicyclic) bond motifs is 2. The van der Waals surface area contributed by atoms with Crippen LogP contribution in [0.4, 0.5) is 5.69 Å². The van der Waals surface area contributed by atoms with Gasteiger partial charge >= 0.3 is 0 Å². The zero-order valence-corrected chi connectivity index (χ0v) is 18.8. The van der Waals surface area contributed by atoms with Crippen LogP contribution < -0.4 is 20.8 Å². The number of aromatic nitrogens is 1. The monoisotopic (exact) mass is 444 g/mol. The number of pyridine rings is 1. The molecule has 1 fully saturated rings. The smallest absolute Gasteiger partial charge is 0.251 e. The quantitative estimate of drug-likeness (QED) is 0.465. The Bertz CT molecular complexity index is 1190. The molecular formula is C25H29BN4O3. The van der Waals surface area contributed by atoms with Gasteiger partial charge < -0.3 is 29.5 Å². The van der Waals surface area contributed by atoms with Gasteiger partial charge in [-0.05, 0) is 67.9 Å². The van der Waals surface area contributed by atoms with Gasteiger partial charge in [0.1, 0.15) is 13.2 Å². The Morgan fingerprint density at radius 2 is 1.76 bits per heavy atom. The number of piperidine rings is 1. The first-order chi connectivity index (χ1) is 16.1. The molecule has 0 saturated carbocycles. The molecule has 0 amide bonds. The maximum Gasteiger partial charge on any atom is 0.251 e. The molecule has 0 aliphatic carbocycles. The topological polar surface area (TPSA) is 73.0 Å². The molecule has 2 aromatic carbocycles. The molecule has 2 aliphatic rings. The average Bonchev–Trinajstić information content (AvgIpc) is 2.83. The summed E-state index contributed by atoms with van der Waals surface area (Å²) in [4.78, 5) is 16.8. The van der Waals surface area contributed by atoms with Crippen LogP contribution in [0.5, 0.6) is 11.5 Å². The highest BCUT2D eigenvalue weighted by molar-refractivity contribution is 6.04. The van der Waals surface area contributed by atoms with Crippen molar-refractivity contribution in [2.75, 3.05) is 38.6 Å². The van der Waals surface area contributed by atoms with E-state index in [1.54, 1.807) is 6.07 Å². The van der Waals surface area contributed by atoms with E-state index >= 15 is 0 Å². The van der Waals surface area contributed by atoms with Crippen LogP contribution in [0.25, 0.3) is 10.9 Å². The Morgan fingerprint density at radius 1 is 0.970 bits per heavy atom. The summed E-state index contributed by atoms with van der Waals surface area (Å²) in [5.74, 6) is 1.60. The highest BCUT2D eigenvalue weighted by Crippen LogP contribution is 2.31. The molecule has 170 valence electrons. The summed E-state index contributed by atoms with van der Waals surface area (Å²) in [7, 11) is 6.45. The molecule has 0 spiro atoms. The SMILES string of the molecule is [B]N(Cc1ccc2c(c1)OCCO2)C1CCN(CCn2c(=O)ccc3cc(N)ccc32)CC1. The van der Waals surface area contributed by atoms with Gasteiger partial charge in [-0.1, -0.05) is 6.07 Å². The fraction of sp³-hybridized carbons (Fsp3) is 0.400. The Morgan fingerprint density at radius 3 is 2.58 bits per heavy atom. The van der Waals surface area contributed by atoms with Crippen molar-refractivity contribution in [1.82, 2.24) is 14.3 Å². The van der Waals surface area contributed by atoms with Crippen LogP contribution in [-0.2, 0) is 13.1 Å². The van der Waals surface area contributed by atoms with Crippen LogP contribution >= 0.6 is 0 Å². The van der Waals surface area contributed by atoms with Crippen molar-refractivity contribution < 1.29 is 9.47 Å². The van der Waals surface area contributed by atoms with Gasteiger partial charge in [-0.25, -0.2) is 0 Å². The third-order valence-electron chi connectivity index (χ3n) is 6.65. The second-order valence-corrected chi connectivity index (χ2v) is 8.86. The maximum atomic E-state index is 12.5. The fourth-order valence-electron chi connectivity index (χ4n) is 4.79. The lowest BCUT2D eigenvalue weighted by Gasteiger charge is -2.37. The van der Waals surface area contributed by atoms with Crippen LogP contribution in [0.2, 0.25) is 0 Å². The van der Waals surface area contributed by atoms with E-state index in [4.69, 9.17) is 23.2 Å². The Labute approximate surface area is 195 Å². The molecular weight excluding hydrogens is 415 g/mol. The van der Waals surface area contributed by atoms with E-state index in [9.17, 15) is 4.79 Å². The van der Waals surface area contributed by atoms with E-state index in [0.717, 1.165) is 60.4 Å². The maximum absolute atomic E-state index is 12.5. The first-order valence-electron chi connectivity index (χ1n) is 11.6. The summed E-state index contributed by atoms with van der Waals surface area (Å²) < 4.78 is 13.1. The molecule has 1 aromatic heterocycles. The molecule has 2 radical (unpaired) electrons. The first kappa shape index (κ1) is 21.9. The first-order valence-corrected chi connectivity index (χ1v) is 11.6. The fourth-order valence-corrected chi connectivity index (χ4v) is 4.79. The van der Waals surface area contributed by atoms with E-state index in [0.29, 0.717) is 38.0 Å². The highest BCUT2D eigenvalue weighted by atomic mass is 16.6. The predicted molar refractivity (Wildman–Crippen MR) is 131 cm³/mol. The van der Waals surface area contributed by atoms with Gasteiger partial charge in [-0.15, -0.1) is 0 Å². The normalized spacial score (nSPS) is 17.0. The number of nitrogens with two attached hydrogens (primary N) is 1. The number of ether oxygens (including phenoxy) is 2. The predicted octanol–water partition coefficient (Wildman–Crippen LogP) is 2.41. The number of likely N-dealkylation sites (tertiary alicyclic amines) is 1. The average molecular weight is 444 g/mol. The molecule has 0 unspecified atom stereocenters. The van der Waals surface area contributed by atoms with Gasteiger partial charge in [0.15, 0.2) is 19.5 Å². The number of hydrogen-bond acceptors (Lipinski definition) is 6. The third-order valence-corrected chi connectivity index (χ3v) is 6.65. The number of rotatable bonds is 6. The zero-order valence-electron chi connectivity index (χ0n) is 18.8. The van der Waals surface area contributed by atoms with E-state index in [1.807, 2.05) is 45.8 Å². The highest BCUT2D eigenvalue weighted by Gasteiger charge is 2.23. The molecule has 3 heterocycles. The number of hydrogen-bond donors (Lipinski definition) is 1. The minimum Gasteiger partial charge on any atom is -0.486 e. The van der Waals surface area contributed by atoms with Gasteiger partial charge in [0, 0.05) is 42.8 Å². The molecule has 33 heavy (non-hydrogen) atoms. The van der Waals surface area contributed by atoms with Crippen LogP contribution in [0.1, 0.15) is 18.4 Å². The third kappa shape index (κ3) is 4.87. The lowest BCUT2D eigenvalue weighted by molar-refractivity contribution is 0.153. The molecule has 2 N–H and O–H groups in total. The summed E-state index contributed by atoms with van der Waals surface area (Å²) >= 11 is 0. The Balaban J connectivity index is 1.15. The molecule has 8 heteroatoms. The van der Waals surface area contributed by atoms with E-state index in [-0.39, 0.29) is 5.56 Å². The minimum absolute atomic E-state index is 0.0229. The minimum atomic E-state index is 0.0229. The lowest BCUT2D eigenvalue weighted by atomic mass is 9.99. The van der Waals surface area contributed by atoms with Crippen molar-refractivity contribution in [2.45, 2.75) is 32.0 Å². The van der Waals surface area contributed by atoms with Crippen LogP contribution in [0, 0.1) is 0 Å². The Hall–Kier alpha value is -2.97. The number of benzene rings is 2. The van der Waals surface area contributed by atoms with Gasteiger partial charge in [-0.2, -0.15) is 0 Å². The molecule has 3 aromatic rings. The summed E-state index contributed by atoms with van der Waals surface area (Å²) in [5, 5.41) is 0.992. The van der Waals surface area contributed by atoms with Crippen molar-refractivity contribution in [2.24, 2.45) is 0 Å². The number of nitrogen functional groups attached to an aromatic ring is 1. The summed E-state index contributed by atoms with van der Waals surface area (Å²) in [5.41, 5.74) is 8.68. The van der Waals surface area contributed by atoms with Crippen LogP contribution in [0.15, 0.2) is 53.3 Å². The van der Waals surface area contributed by atoms with Crippen molar-refractivity contribution in [1.29, 1.82) is 0 Å². The molecule has 7 nitrogen and oxygen atoms in total. The summed E-state index contributed by atoms with van der Waals surface area (Å²) in [6, 6.07) is 15.5. The van der Waals surface area contributed by atoms with E-state index < -0.39 is 0 Å². The van der Waals surface area contributed by atoms with Crippen molar-refractivity contribution in [3.63, 3.8) is 0 Å². The molecule has 1 saturated heterocycles. The number of nitrogens with zero attached hydrogens (tertiary/aromatic N) is 3. The van der Waals surface area contributed by atoms with Gasteiger partial charge in [-0.3, -0.25) is 4.79 Å². The van der Waals surface area contributed by atoms with Crippen molar-refractivity contribution in [3.8, 4) is 11.5 Å². The second-order valence-electron chi connectivity index (χ2n) is 8.86. The second kappa shape index (κ2) is 9.49. The lowest BCUT2D eigenvalue weighted by Crippen LogP contribution is -2.44. The molecule has 5 rings (SSSR count). The van der Waals surface area contributed by atoms with Crippen molar-refractivity contribution >= 4 is 24.6 Å². The van der Waals surface area contributed by atoms with Gasteiger partial charge in [0.2, 0.25) is 0 Å². The molecule has 0 bridgehead atoms. The Kier molecular flexibility index (Phi) is 6.29. The van der Waals surface area contributed by atoms with Crippen molar-refractivity contribution in [3.05, 3.63) is 64.4 Å². The zero-order chi connectivity index (χ0) is 22.8. The van der Waals surface area contributed by atoms with Crippen LogP contribution in [0.3, 0.4) is 0 Å². The standard InChI is InChI=1S/C25H29BN4O3/c26-30(17-18-1-5-23-24(15-18)33-14-13-32-23)21-7-9-28(10-8-21)11-12-29-22-4-3-20(27)16-19(22)2-6-25(29)31/h1-6,15-16,21H,7-14,17,27H2. The van der Waals surface area contributed by atoms with Gasteiger partial charge in [0.25, 0.3) is 5.56 Å². The summed E-state index contributed by atoms with van der Waals surface area (Å²) in [6.07, 6.45) is 2.00.